The first-order chi connectivity index (χ1) is 11.9. The molecule has 2 aromatic rings. The Morgan fingerprint density at radius 2 is 1.04 bits per heavy atom. The number of hydrogen-bond donors (Lipinski definition) is 2. The molecule has 2 nitrogen and oxygen atoms in total. The fraction of sp³-hybridized carbons (Fsp3) is 0.429. The van der Waals surface area contributed by atoms with Crippen LogP contribution in [-0.2, 0) is 0 Å². The molecule has 0 saturated heterocycles. The van der Waals surface area contributed by atoms with Crippen LogP contribution in [0, 0.1) is 0 Å². The van der Waals surface area contributed by atoms with Crippen molar-refractivity contribution in [2.45, 2.75) is 58.8 Å². The van der Waals surface area contributed by atoms with E-state index < -0.39 is 24.1 Å². The zero-order valence-corrected chi connectivity index (χ0v) is 20.3. The van der Waals surface area contributed by atoms with Crippen LogP contribution in [0.15, 0.2) is 36.4 Å². The summed E-state index contributed by atoms with van der Waals surface area (Å²) < 4.78 is 0. The van der Waals surface area contributed by atoms with Crippen molar-refractivity contribution in [2.24, 2.45) is 0 Å². The van der Waals surface area contributed by atoms with Crippen molar-refractivity contribution in [3.63, 3.8) is 0 Å². The highest BCUT2D eigenvalue weighted by molar-refractivity contribution is 7.74. The SMILES string of the molecule is CC(C)P(c1cccc([Si](C)(C)C)c1O)c1cccc([Si](C)(C)C)c1O. The van der Waals surface area contributed by atoms with Gasteiger partial charge in [0.2, 0.25) is 0 Å². The summed E-state index contributed by atoms with van der Waals surface area (Å²) in [7, 11) is -4.11. The average Bonchev–Trinajstić information content (AvgIpc) is 2.48. The fourth-order valence-corrected chi connectivity index (χ4v) is 9.00. The Bertz CT molecular complexity index is 726. The van der Waals surface area contributed by atoms with Gasteiger partial charge in [-0.2, -0.15) is 0 Å². The molecule has 0 atom stereocenters. The summed E-state index contributed by atoms with van der Waals surface area (Å²) >= 11 is 0. The van der Waals surface area contributed by atoms with Gasteiger partial charge >= 0.3 is 0 Å². The first-order valence-electron chi connectivity index (χ1n) is 9.30. The number of phenols is 2. The van der Waals surface area contributed by atoms with E-state index in [1.807, 2.05) is 12.1 Å². The van der Waals surface area contributed by atoms with E-state index in [0.29, 0.717) is 17.2 Å². The Morgan fingerprint density at radius 3 is 1.31 bits per heavy atom. The number of aromatic hydroxyl groups is 2. The smallest absolute Gasteiger partial charge is 0.122 e. The molecular weight excluding hydrogens is 371 g/mol. The van der Waals surface area contributed by atoms with E-state index in [2.05, 4.69) is 77.4 Å². The number of rotatable bonds is 5. The molecule has 2 aromatic carbocycles. The molecule has 0 radical (unpaired) electrons. The quantitative estimate of drug-likeness (QED) is 0.583. The van der Waals surface area contributed by atoms with Crippen LogP contribution in [0.2, 0.25) is 39.3 Å². The highest BCUT2D eigenvalue weighted by Crippen LogP contribution is 2.43. The van der Waals surface area contributed by atoms with Gasteiger partial charge in [-0.1, -0.05) is 89.5 Å². The molecule has 0 heterocycles. The lowest BCUT2D eigenvalue weighted by atomic mass is 10.3. The number of para-hydroxylation sites is 2. The van der Waals surface area contributed by atoms with Crippen molar-refractivity contribution >= 4 is 45.1 Å². The van der Waals surface area contributed by atoms with E-state index in [9.17, 15) is 10.2 Å². The van der Waals surface area contributed by atoms with Crippen molar-refractivity contribution < 1.29 is 10.2 Å². The van der Waals surface area contributed by atoms with Crippen LogP contribution in [0.1, 0.15) is 13.8 Å². The fourth-order valence-electron chi connectivity index (χ4n) is 3.35. The second-order valence-corrected chi connectivity index (χ2v) is 22.1. The predicted molar refractivity (Wildman–Crippen MR) is 123 cm³/mol. The second kappa shape index (κ2) is 7.49. The van der Waals surface area contributed by atoms with Crippen molar-refractivity contribution in [3.05, 3.63) is 36.4 Å². The summed E-state index contributed by atoms with van der Waals surface area (Å²) in [5.41, 5.74) is 0.329. The minimum atomic E-state index is -1.64. The van der Waals surface area contributed by atoms with Crippen molar-refractivity contribution in [3.8, 4) is 11.5 Å². The summed E-state index contributed by atoms with van der Waals surface area (Å²) in [6, 6.07) is 12.4. The van der Waals surface area contributed by atoms with E-state index >= 15 is 0 Å². The maximum absolute atomic E-state index is 11.1. The Balaban J connectivity index is 2.71. The molecule has 0 spiro atoms. The zero-order chi connectivity index (χ0) is 19.9. The molecule has 0 fully saturated rings. The van der Waals surface area contributed by atoms with Gasteiger partial charge < -0.3 is 10.2 Å². The lowest BCUT2D eigenvalue weighted by molar-refractivity contribution is 0.483. The average molecular weight is 405 g/mol. The van der Waals surface area contributed by atoms with E-state index in [0.717, 1.165) is 21.0 Å². The van der Waals surface area contributed by atoms with Gasteiger partial charge in [-0.25, -0.2) is 0 Å². The van der Waals surface area contributed by atoms with E-state index in [1.54, 1.807) is 0 Å². The Labute approximate surface area is 162 Å². The molecule has 0 saturated carbocycles. The van der Waals surface area contributed by atoms with Crippen LogP contribution in [0.4, 0.5) is 0 Å². The van der Waals surface area contributed by atoms with Crippen LogP contribution in [0.3, 0.4) is 0 Å². The lowest BCUT2D eigenvalue weighted by Crippen LogP contribution is -2.41. The molecule has 0 amide bonds. The molecule has 5 heteroatoms. The van der Waals surface area contributed by atoms with Gasteiger partial charge in [0.1, 0.15) is 11.5 Å². The van der Waals surface area contributed by atoms with Gasteiger partial charge in [-0.3, -0.25) is 0 Å². The highest BCUT2D eigenvalue weighted by atomic mass is 31.1. The number of benzene rings is 2. The molecule has 0 aliphatic carbocycles. The van der Waals surface area contributed by atoms with Crippen LogP contribution in [-0.4, -0.2) is 32.0 Å². The standard InChI is InChI=1S/C21H33O2PSi2/c1-15(2)24(16-11-9-13-18(20(16)22)25(3,4)5)17-12-10-14-19(21(17)23)26(6,7)8/h9-15,22-23H,1-8H3. The minimum Gasteiger partial charge on any atom is -0.507 e. The van der Waals surface area contributed by atoms with Crippen LogP contribution in [0.5, 0.6) is 11.5 Å². The predicted octanol–water partition coefficient (Wildman–Crippen LogP) is 4.03. The molecule has 0 aromatic heterocycles. The normalized spacial score (nSPS) is 12.8. The summed E-state index contributed by atoms with van der Waals surface area (Å²) in [5.74, 6) is 0.897. The van der Waals surface area contributed by atoms with Crippen molar-refractivity contribution in [1.29, 1.82) is 0 Å². The molecular formula is C21H33O2PSi2. The molecule has 26 heavy (non-hydrogen) atoms. The van der Waals surface area contributed by atoms with E-state index in [1.165, 1.54) is 0 Å². The summed E-state index contributed by atoms with van der Waals surface area (Å²) in [4.78, 5) is 0. The first kappa shape index (κ1) is 21.2. The van der Waals surface area contributed by atoms with Gasteiger partial charge in [-0.15, -0.1) is 0 Å². The van der Waals surface area contributed by atoms with Crippen molar-refractivity contribution in [2.75, 3.05) is 0 Å². The van der Waals surface area contributed by atoms with Gasteiger partial charge in [0.05, 0.1) is 16.1 Å². The van der Waals surface area contributed by atoms with Gasteiger partial charge in [-0.05, 0) is 24.0 Å². The molecule has 0 aliphatic heterocycles. The third-order valence-corrected chi connectivity index (χ3v) is 11.5. The van der Waals surface area contributed by atoms with Gasteiger partial charge in [0.15, 0.2) is 0 Å². The number of hydrogen-bond acceptors (Lipinski definition) is 2. The maximum Gasteiger partial charge on any atom is 0.122 e. The summed E-state index contributed by atoms with van der Waals surface area (Å²) in [5, 5.41) is 26.4. The summed E-state index contributed by atoms with van der Waals surface area (Å²) in [6.07, 6.45) is 0. The van der Waals surface area contributed by atoms with Crippen LogP contribution >= 0.6 is 7.92 Å². The van der Waals surface area contributed by atoms with Crippen molar-refractivity contribution in [1.82, 2.24) is 0 Å². The summed E-state index contributed by atoms with van der Waals surface area (Å²) in [6.45, 7) is 17.9. The molecule has 2 N–H and O–H groups in total. The number of phenolic OH excluding ortho intramolecular Hbond substituents is 2. The monoisotopic (exact) mass is 404 g/mol. The molecule has 0 aliphatic rings. The Kier molecular flexibility index (Phi) is 6.11. The topological polar surface area (TPSA) is 40.5 Å². The third-order valence-electron chi connectivity index (χ3n) is 4.68. The zero-order valence-electron chi connectivity index (χ0n) is 17.4. The highest BCUT2D eigenvalue weighted by Gasteiger charge is 2.30. The third kappa shape index (κ3) is 4.24. The van der Waals surface area contributed by atoms with E-state index in [4.69, 9.17) is 0 Å². The lowest BCUT2D eigenvalue weighted by Gasteiger charge is -2.29. The first-order valence-corrected chi connectivity index (χ1v) is 17.7. The maximum atomic E-state index is 11.1. The van der Waals surface area contributed by atoms with Crippen LogP contribution in [0.25, 0.3) is 0 Å². The Morgan fingerprint density at radius 1 is 0.692 bits per heavy atom. The largest absolute Gasteiger partial charge is 0.507 e. The molecule has 142 valence electrons. The minimum absolute atomic E-state index is 0.329. The van der Waals surface area contributed by atoms with Gasteiger partial charge in [0, 0.05) is 10.6 Å². The Hall–Kier alpha value is -1.10. The molecule has 2 rings (SSSR count). The van der Waals surface area contributed by atoms with E-state index in [-0.39, 0.29) is 0 Å². The van der Waals surface area contributed by atoms with Crippen LogP contribution < -0.4 is 21.0 Å². The molecule has 0 unspecified atom stereocenters. The van der Waals surface area contributed by atoms with Gasteiger partial charge in [0.25, 0.3) is 0 Å². The second-order valence-electron chi connectivity index (χ2n) is 9.31. The molecule has 0 bridgehead atoms.